The summed E-state index contributed by atoms with van der Waals surface area (Å²) in [5.41, 5.74) is -0.0635. The van der Waals surface area contributed by atoms with Crippen molar-refractivity contribution in [3.05, 3.63) is 17.5 Å². The number of nitrogens with one attached hydrogen (secondary N) is 1. The average Bonchev–Trinajstić information content (AvgIpc) is 2.90. The zero-order chi connectivity index (χ0) is 15.5. The van der Waals surface area contributed by atoms with Gasteiger partial charge in [-0.3, -0.25) is 4.79 Å². The number of carboxylic acid groups (broad SMARTS) is 1. The van der Waals surface area contributed by atoms with Crippen LogP contribution in [-0.2, 0) is 11.3 Å². The third-order valence-electron chi connectivity index (χ3n) is 4.09. The van der Waals surface area contributed by atoms with Crippen molar-refractivity contribution in [1.82, 2.24) is 15.4 Å². The van der Waals surface area contributed by atoms with E-state index in [4.69, 9.17) is 4.52 Å². The minimum atomic E-state index is -0.826. The SMILES string of the molecule is CCC1(C(=O)O)CCCN(C(=O)NCc2cc(C)no2)C1. The highest BCUT2D eigenvalue weighted by molar-refractivity contribution is 5.78. The second kappa shape index (κ2) is 6.15. The number of aryl methyl sites for hydroxylation is 1. The van der Waals surface area contributed by atoms with Crippen LogP contribution in [0.4, 0.5) is 4.79 Å². The number of hydrogen-bond acceptors (Lipinski definition) is 4. The molecule has 1 aromatic heterocycles. The molecule has 1 aromatic rings. The predicted octanol–water partition coefficient (Wildman–Crippen LogP) is 1.77. The van der Waals surface area contributed by atoms with Gasteiger partial charge in [-0.15, -0.1) is 0 Å². The highest BCUT2D eigenvalue weighted by Gasteiger charge is 2.42. The monoisotopic (exact) mass is 295 g/mol. The molecular formula is C14H21N3O4. The number of aliphatic carboxylic acids is 1. The molecule has 0 spiro atoms. The summed E-state index contributed by atoms with van der Waals surface area (Å²) in [6.07, 6.45) is 1.84. The summed E-state index contributed by atoms with van der Waals surface area (Å²) in [7, 11) is 0. The summed E-state index contributed by atoms with van der Waals surface area (Å²) in [5, 5.41) is 15.9. The molecule has 1 unspecified atom stereocenters. The minimum Gasteiger partial charge on any atom is -0.481 e. The first kappa shape index (κ1) is 15.3. The Morgan fingerprint density at radius 2 is 2.33 bits per heavy atom. The number of hydrogen-bond donors (Lipinski definition) is 2. The summed E-state index contributed by atoms with van der Waals surface area (Å²) < 4.78 is 5.03. The zero-order valence-electron chi connectivity index (χ0n) is 12.4. The van der Waals surface area contributed by atoms with E-state index in [0.717, 1.165) is 5.69 Å². The molecule has 1 fully saturated rings. The summed E-state index contributed by atoms with van der Waals surface area (Å²) in [6, 6.07) is 1.49. The smallest absolute Gasteiger partial charge is 0.317 e. The molecule has 0 radical (unpaired) electrons. The number of carbonyl (C=O) groups is 2. The molecule has 2 N–H and O–H groups in total. The summed E-state index contributed by atoms with van der Waals surface area (Å²) in [4.78, 5) is 25.2. The molecular weight excluding hydrogens is 274 g/mol. The fraction of sp³-hybridized carbons (Fsp3) is 0.643. The maximum Gasteiger partial charge on any atom is 0.317 e. The highest BCUT2D eigenvalue weighted by Crippen LogP contribution is 2.33. The van der Waals surface area contributed by atoms with Gasteiger partial charge in [0.15, 0.2) is 5.76 Å². The van der Waals surface area contributed by atoms with E-state index in [-0.39, 0.29) is 19.1 Å². The molecule has 2 heterocycles. The average molecular weight is 295 g/mol. The number of aromatic nitrogens is 1. The van der Waals surface area contributed by atoms with Gasteiger partial charge in [-0.1, -0.05) is 12.1 Å². The van der Waals surface area contributed by atoms with Crippen LogP contribution in [0.2, 0.25) is 0 Å². The Balaban J connectivity index is 1.94. The quantitative estimate of drug-likeness (QED) is 0.882. The topological polar surface area (TPSA) is 95.7 Å². The van der Waals surface area contributed by atoms with Gasteiger partial charge in [0.2, 0.25) is 0 Å². The van der Waals surface area contributed by atoms with Gasteiger partial charge in [0, 0.05) is 19.2 Å². The lowest BCUT2D eigenvalue weighted by atomic mass is 9.78. The summed E-state index contributed by atoms with van der Waals surface area (Å²) in [5.74, 6) is -0.244. The number of piperidine rings is 1. The van der Waals surface area contributed by atoms with Crippen molar-refractivity contribution in [2.75, 3.05) is 13.1 Å². The van der Waals surface area contributed by atoms with Gasteiger partial charge in [-0.2, -0.15) is 0 Å². The Kier molecular flexibility index (Phi) is 4.50. The molecule has 1 saturated heterocycles. The standard InChI is InChI=1S/C14H21N3O4/c1-3-14(12(18)19)5-4-6-17(9-14)13(20)15-8-11-7-10(2)16-21-11/h7H,3-6,8-9H2,1-2H3,(H,15,20)(H,18,19). The number of urea groups is 1. The van der Waals surface area contributed by atoms with Gasteiger partial charge in [-0.25, -0.2) is 4.79 Å². The van der Waals surface area contributed by atoms with Crippen LogP contribution in [0.25, 0.3) is 0 Å². The van der Waals surface area contributed by atoms with E-state index in [1.165, 1.54) is 0 Å². The number of nitrogens with zero attached hydrogens (tertiary/aromatic N) is 2. The van der Waals surface area contributed by atoms with Crippen LogP contribution in [0.1, 0.15) is 37.6 Å². The van der Waals surface area contributed by atoms with Crippen molar-refractivity contribution in [3.8, 4) is 0 Å². The van der Waals surface area contributed by atoms with Crippen molar-refractivity contribution < 1.29 is 19.2 Å². The van der Waals surface area contributed by atoms with E-state index >= 15 is 0 Å². The van der Waals surface area contributed by atoms with E-state index in [9.17, 15) is 14.7 Å². The number of carbonyl (C=O) groups excluding carboxylic acids is 1. The molecule has 21 heavy (non-hydrogen) atoms. The fourth-order valence-electron chi connectivity index (χ4n) is 2.69. The van der Waals surface area contributed by atoms with E-state index in [0.29, 0.717) is 31.6 Å². The first-order valence-corrected chi connectivity index (χ1v) is 7.15. The van der Waals surface area contributed by atoms with Crippen molar-refractivity contribution in [2.45, 2.75) is 39.7 Å². The molecule has 1 aliphatic heterocycles. The first-order valence-electron chi connectivity index (χ1n) is 7.15. The van der Waals surface area contributed by atoms with Crippen LogP contribution in [-0.4, -0.2) is 40.3 Å². The molecule has 2 rings (SSSR count). The van der Waals surface area contributed by atoms with Crippen molar-refractivity contribution in [1.29, 1.82) is 0 Å². The van der Waals surface area contributed by atoms with Crippen LogP contribution < -0.4 is 5.32 Å². The van der Waals surface area contributed by atoms with Crippen LogP contribution in [0.3, 0.4) is 0 Å². The molecule has 0 saturated carbocycles. The van der Waals surface area contributed by atoms with Crippen LogP contribution in [0, 0.1) is 12.3 Å². The van der Waals surface area contributed by atoms with Crippen molar-refractivity contribution in [3.63, 3.8) is 0 Å². The third-order valence-corrected chi connectivity index (χ3v) is 4.09. The fourth-order valence-corrected chi connectivity index (χ4v) is 2.69. The van der Waals surface area contributed by atoms with Gasteiger partial charge in [0.1, 0.15) is 0 Å². The van der Waals surface area contributed by atoms with Crippen molar-refractivity contribution in [2.24, 2.45) is 5.41 Å². The van der Waals surface area contributed by atoms with E-state index in [2.05, 4.69) is 10.5 Å². The first-order chi connectivity index (χ1) is 9.97. The summed E-state index contributed by atoms with van der Waals surface area (Å²) >= 11 is 0. The number of carboxylic acids is 1. The Hall–Kier alpha value is -2.05. The summed E-state index contributed by atoms with van der Waals surface area (Å²) in [6.45, 7) is 4.74. The molecule has 1 atom stereocenters. The van der Waals surface area contributed by atoms with Gasteiger partial charge >= 0.3 is 12.0 Å². The Morgan fingerprint density at radius 3 is 2.90 bits per heavy atom. The zero-order valence-corrected chi connectivity index (χ0v) is 12.4. The van der Waals surface area contributed by atoms with Gasteiger partial charge in [0.05, 0.1) is 17.7 Å². The van der Waals surface area contributed by atoms with Gasteiger partial charge < -0.3 is 19.8 Å². The van der Waals surface area contributed by atoms with E-state index in [1.807, 2.05) is 13.8 Å². The molecule has 1 aliphatic rings. The minimum absolute atomic E-state index is 0.250. The number of rotatable bonds is 4. The largest absolute Gasteiger partial charge is 0.481 e. The second-order valence-corrected chi connectivity index (χ2v) is 5.56. The second-order valence-electron chi connectivity index (χ2n) is 5.56. The number of likely N-dealkylation sites (tertiary alicyclic amines) is 1. The predicted molar refractivity (Wildman–Crippen MR) is 74.6 cm³/mol. The number of amides is 2. The van der Waals surface area contributed by atoms with E-state index < -0.39 is 11.4 Å². The molecule has 2 amide bonds. The van der Waals surface area contributed by atoms with Crippen molar-refractivity contribution >= 4 is 12.0 Å². The third kappa shape index (κ3) is 3.34. The van der Waals surface area contributed by atoms with Crippen LogP contribution in [0.5, 0.6) is 0 Å². The van der Waals surface area contributed by atoms with Crippen LogP contribution >= 0.6 is 0 Å². The van der Waals surface area contributed by atoms with Crippen LogP contribution in [0.15, 0.2) is 10.6 Å². The van der Waals surface area contributed by atoms with Gasteiger partial charge in [-0.05, 0) is 26.2 Å². The highest BCUT2D eigenvalue weighted by atomic mass is 16.5. The molecule has 7 nitrogen and oxygen atoms in total. The van der Waals surface area contributed by atoms with Gasteiger partial charge in [0.25, 0.3) is 0 Å². The normalized spacial score (nSPS) is 22.1. The lowest BCUT2D eigenvalue weighted by molar-refractivity contribution is -0.152. The molecule has 0 bridgehead atoms. The molecule has 0 aromatic carbocycles. The lowest BCUT2D eigenvalue weighted by Crippen LogP contribution is -2.52. The van der Waals surface area contributed by atoms with E-state index in [1.54, 1.807) is 11.0 Å². The molecule has 7 heteroatoms. The molecule has 116 valence electrons. The molecule has 0 aliphatic carbocycles. The maximum absolute atomic E-state index is 12.2. The Morgan fingerprint density at radius 1 is 1.57 bits per heavy atom. The lowest BCUT2D eigenvalue weighted by Gasteiger charge is -2.39. The maximum atomic E-state index is 12.2. The Labute approximate surface area is 123 Å². The Bertz CT molecular complexity index is 528.